The minimum absolute atomic E-state index is 0.0647. The number of aliphatic hydroxyl groups is 1. The highest BCUT2D eigenvalue weighted by atomic mass is 19.4. The van der Waals surface area contributed by atoms with Gasteiger partial charge in [0.25, 0.3) is 11.8 Å². The first-order chi connectivity index (χ1) is 15.8. The van der Waals surface area contributed by atoms with Crippen LogP contribution >= 0.6 is 0 Å². The number of nitrogens with zero attached hydrogens (tertiary/aromatic N) is 3. The van der Waals surface area contributed by atoms with Crippen LogP contribution in [0.5, 0.6) is 0 Å². The standard InChI is InChI=1S/C23H21F5N4O2/c1-12-6-14-7-13(2-5-17(14)31-20(12)29)21(34)32(18-8-22(24,25)9-19(18)33)11-16-4-3-15(10-30-16)23(26,27)28/h2-7,10,18-19,33H,8-9,11H2,1H3,(H2,29,31)/t18-,19-/m1/s1. The number of aryl methyl sites for hydroxylation is 1. The lowest BCUT2D eigenvalue weighted by Gasteiger charge is -2.31. The first-order valence-electron chi connectivity index (χ1n) is 10.4. The van der Waals surface area contributed by atoms with E-state index in [1.807, 2.05) is 0 Å². The van der Waals surface area contributed by atoms with Crippen LogP contribution in [0, 0.1) is 6.92 Å². The lowest BCUT2D eigenvalue weighted by molar-refractivity contribution is -0.137. The number of hydrogen-bond acceptors (Lipinski definition) is 5. The monoisotopic (exact) mass is 480 g/mol. The Hall–Kier alpha value is -3.34. The van der Waals surface area contributed by atoms with Gasteiger partial charge in [0.05, 0.1) is 35.5 Å². The highest BCUT2D eigenvalue weighted by molar-refractivity contribution is 5.98. The molecular formula is C23H21F5N4O2. The Kier molecular flexibility index (Phi) is 5.92. The summed E-state index contributed by atoms with van der Waals surface area (Å²) in [6, 6.07) is 6.93. The molecule has 0 saturated heterocycles. The maximum Gasteiger partial charge on any atom is 0.417 e. The number of halogens is 5. The van der Waals surface area contributed by atoms with E-state index in [9.17, 15) is 31.9 Å². The highest BCUT2D eigenvalue weighted by Gasteiger charge is 2.49. The van der Waals surface area contributed by atoms with Crippen molar-refractivity contribution in [2.45, 2.75) is 50.6 Å². The molecule has 180 valence electrons. The van der Waals surface area contributed by atoms with E-state index < -0.39 is 48.6 Å². The summed E-state index contributed by atoms with van der Waals surface area (Å²) in [4.78, 5) is 22.5. The van der Waals surface area contributed by atoms with Crippen molar-refractivity contribution < 1.29 is 31.9 Å². The number of alkyl halides is 5. The summed E-state index contributed by atoms with van der Waals surface area (Å²) in [6.45, 7) is 1.39. The Balaban J connectivity index is 1.70. The number of fused-ring (bicyclic) bond motifs is 1. The highest BCUT2D eigenvalue weighted by Crippen LogP contribution is 2.39. The predicted octanol–water partition coefficient (Wildman–Crippen LogP) is 4.34. The second-order valence-corrected chi connectivity index (χ2v) is 8.47. The summed E-state index contributed by atoms with van der Waals surface area (Å²) in [7, 11) is 0. The average Bonchev–Trinajstić information content (AvgIpc) is 3.03. The summed E-state index contributed by atoms with van der Waals surface area (Å²) < 4.78 is 66.6. The number of nitrogen functional groups attached to an aromatic ring is 1. The first-order valence-corrected chi connectivity index (χ1v) is 10.4. The molecule has 1 saturated carbocycles. The Morgan fingerprint density at radius 1 is 1.21 bits per heavy atom. The normalized spacial score (nSPS) is 20.0. The van der Waals surface area contributed by atoms with Crippen LogP contribution in [0.3, 0.4) is 0 Å². The second-order valence-electron chi connectivity index (χ2n) is 8.47. The van der Waals surface area contributed by atoms with Gasteiger partial charge in [-0.3, -0.25) is 9.78 Å². The SMILES string of the molecule is Cc1cc2cc(C(=O)N(Cc3ccc(C(F)(F)F)cn3)[C@@H]3CC(F)(F)C[C@H]3O)ccc2nc1N. The van der Waals surface area contributed by atoms with Crippen LogP contribution in [0.25, 0.3) is 10.9 Å². The molecule has 1 aromatic carbocycles. The van der Waals surface area contributed by atoms with Gasteiger partial charge in [0.15, 0.2) is 0 Å². The first kappa shape index (κ1) is 23.8. The van der Waals surface area contributed by atoms with Gasteiger partial charge < -0.3 is 15.7 Å². The van der Waals surface area contributed by atoms with Crippen LogP contribution < -0.4 is 5.73 Å². The summed E-state index contributed by atoms with van der Waals surface area (Å²) in [6.07, 6.45) is -7.07. The molecule has 4 rings (SSSR count). The molecule has 34 heavy (non-hydrogen) atoms. The van der Waals surface area contributed by atoms with Crippen molar-refractivity contribution in [3.8, 4) is 0 Å². The smallest absolute Gasteiger partial charge is 0.391 e. The minimum atomic E-state index is -4.59. The molecule has 0 spiro atoms. The zero-order valence-corrected chi connectivity index (χ0v) is 18.0. The number of benzene rings is 1. The largest absolute Gasteiger partial charge is 0.417 e. The van der Waals surface area contributed by atoms with Crippen LogP contribution in [-0.4, -0.2) is 43.9 Å². The summed E-state index contributed by atoms with van der Waals surface area (Å²) in [5.74, 6) is -3.52. The Morgan fingerprint density at radius 2 is 1.94 bits per heavy atom. The molecule has 1 fully saturated rings. The fourth-order valence-corrected chi connectivity index (χ4v) is 4.08. The predicted molar refractivity (Wildman–Crippen MR) is 114 cm³/mol. The van der Waals surface area contributed by atoms with Crippen LogP contribution in [-0.2, 0) is 12.7 Å². The van der Waals surface area contributed by atoms with Gasteiger partial charge in [-0.05, 0) is 48.9 Å². The van der Waals surface area contributed by atoms with E-state index in [4.69, 9.17) is 5.73 Å². The molecule has 0 bridgehead atoms. The van der Waals surface area contributed by atoms with Crippen molar-refractivity contribution in [3.63, 3.8) is 0 Å². The maximum atomic E-state index is 14.0. The van der Waals surface area contributed by atoms with E-state index >= 15 is 0 Å². The molecule has 6 nitrogen and oxygen atoms in total. The van der Waals surface area contributed by atoms with Crippen molar-refractivity contribution in [2.75, 3.05) is 5.73 Å². The number of aliphatic hydroxyl groups excluding tert-OH is 1. The number of carbonyl (C=O) groups excluding carboxylic acids is 1. The molecule has 0 aliphatic heterocycles. The number of nitrogens with two attached hydrogens (primary N) is 1. The van der Waals surface area contributed by atoms with Crippen LogP contribution in [0.4, 0.5) is 27.8 Å². The van der Waals surface area contributed by atoms with Gasteiger partial charge in [0, 0.05) is 30.0 Å². The topological polar surface area (TPSA) is 92.3 Å². The molecule has 0 unspecified atom stereocenters. The lowest BCUT2D eigenvalue weighted by atomic mass is 10.1. The molecule has 11 heteroatoms. The van der Waals surface area contributed by atoms with Gasteiger partial charge in [-0.1, -0.05) is 0 Å². The van der Waals surface area contributed by atoms with Gasteiger partial charge in [-0.25, -0.2) is 13.8 Å². The quantitative estimate of drug-likeness (QED) is 0.542. The van der Waals surface area contributed by atoms with Gasteiger partial charge in [0.1, 0.15) is 5.82 Å². The summed E-state index contributed by atoms with van der Waals surface area (Å²) in [5.41, 5.74) is 6.27. The fourth-order valence-electron chi connectivity index (χ4n) is 4.08. The summed E-state index contributed by atoms with van der Waals surface area (Å²) >= 11 is 0. The average molecular weight is 480 g/mol. The third kappa shape index (κ3) is 4.79. The number of rotatable bonds is 4. The number of aromatic nitrogens is 2. The van der Waals surface area contributed by atoms with E-state index in [1.165, 1.54) is 12.1 Å². The molecule has 0 radical (unpaired) electrons. The van der Waals surface area contributed by atoms with E-state index in [0.717, 1.165) is 17.0 Å². The molecule has 1 aliphatic rings. The van der Waals surface area contributed by atoms with E-state index in [1.54, 1.807) is 19.1 Å². The fraction of sp³-hybridized carbons (Fsp3) is 0.348. The van der Waals surface area contributed by atoms with Gasteiger partial charge in [0.2, 0.25) is 0 Å². The molecular weight excluding hydrogens is 459 g/mol. The lowest BCUT2D eigenvalue weighted by Crippen LogP contribution is -2.44. The second kappa shape index (κ2) is 8.46. The Bertz CT molecular complexity index is 1230. The van der Waals surface area contributed by atoms with Crippen LogP contribution in [0.1, 0.15) is 40.0 Å². The zero-order chi connectivity index (χ0) is 24.8. The number of anilines is 1. The molecule has 2 heterocycles. The van der Waals surface area contributed by atoms with E-state index in [2.05, 4.69) is 9.97 Å². The van der Waals surface area contributed by atoms with Gasteiger partial charge in [-0.15, -0.1) is 0 Å². The Morgan fingerprint density at radius 3 is 2.53 bits per heavy atom. The van der Waals surface area contributed by atoms with Crippen molar-refractivity contribution in [1.29, 1.82) is 0 Å². The maximum absolute atomic E-state index is 14.0. The van der Waals surface area contributed by atoms with Crippen molar-refractivity contribution in [2.24, 2.45) is 0 Å². The van der Waals surface area contributed by atoms with Crippen LogP contribution in [0.15, 0.2) is 42.6 Å². The number of carbonyl (C=O) groups is 1. The van der Waals surface area contributed by atoms with Crippen LogP contribution in [0.2, 0.25) is 0 Å². The number of hydrogen-bond donors (Lipinski definition) is 2. The van der Waals surface area contributed by atoms with Crippen molar-refractivity contribution >= 4 is 22.6 Å². The molecule has 3 N–H and O–H groups in total. The number of amides is 1. The molecule has 1 aliphatic carbocycles. The van der Waals surface area contributed by atoms with E-state index in [-0.39, 0.29) is 17.8 Å². The third-order valence-corrected chi connectivity index (χ3v) is 5.90. The van der Waals surface area contributed by atoms with Gasteiger partial charge in [-0.2, -0.15) is 13.2 Å². The molecule has 1 amide bonds. The minimum Gasteiger partial charge on any atom is -0.391 e. The van der Waals surface area contributed by atoms with Crippen molar-refractivity contribution in [1.82, 2.24) is 14.9 Å². The third-order valence-electron chi connectivity index (χ3n) is 5.90. The molecule has 3 aromatic rings. The van der Waals surface area contributed by atoms with Crippen molar-refractivity contribution in [3.05, 3.63) is 65.0 Å². The number of pyridine rings is 2. The van der Waals surface area contributed by atoms with Gasteiger partial charge >= 0.3 is 6.18 Å². The summed E-state index contributed by atoms with van der Waals surface area (Å²) in [5, 5.41) is 10.9. The van der Waals surface area contributed by atoms with E-state index in [0.29, 0.717) is 28.5 Å². The Labute approximate surface area is 191 Å². The molecule has 2 atom stereocenters. The molecule has 2 aromatic heterocycles. The zero-order valence-electron chi connectivity index (χ0n) is 18.0.